The molecular weight excluding hydrogens is 288 g/mol. The van der Waals surface area contributed by atoms with Gasteiger partial charge in [-0.3, -0.25) is 4.68 Å². The molecule has 0 bridgehead atoms. The summed E-state index contributed by atoms with van der Waals surface area (Å²) in [7, 11) is -1.80. The maximum atomic E-state index is 12.2. The highest BCUT2D eigenvalue weighted by Gasteiger charge is 2.23. The third-order valence-electron chi connectivity index (χ3n) is 2.91. The predicted molar refractivity (Wildman–Crippen MR) is 78.0 cm³/mol. The van der Waals surface area contributed by atoms with Gasteiger partial charge in [0.05, 0.1) is 11.4 Å². The molecule has 8 heteroatoms. The monoisotopic (exact) mass is 310 g/mol. The number of hydrogen-bond donors (Lipinski definition) is 2. The second kappa shape index (κ2) is 7.23. The standard InChI is InChI=1S/C11H22N4O2S.ClH/c1-5-6-10(12)7-13-18(16,17)11-8(2)14-15(4)9(11)3;/h10,13H,5-7,12H2,1-4H3;1H. The van der Waals surface area contributed by atoms with E-state index < -0.39 is 10.0 Å². The molecule has 0 fully saturated rings. The Morgan fingerprint density at radius 3 is 2.42 bits per heavy atom. The maximum Gasteiger partial charge on any atom is 0.244 e. The summed E-state index contributed by atoms with van der Waals surface area (Å²) in [6.45, 7) is 5.70. The van der Waals surface area contributed by atoms with Crippen molar-refractivity contribution in [3.63, 3.8) is 0 Å². The van der Waals surface area contributed by atoms with Gasteiger partial charge in [-0.25, -0.2) is 13.1 Å². The number of sulfonamides is 1. The molecule has 0 aliphatic rings. The van der Waals surface area contributed by atoms with Gasteiger partial charge in [-0.2, -0.15) is 5.10 Å². The van der Waals surface area contributed by atoms with E-state index >= 15 is 0 Å². The largest absolute Gasteiger partial charge is 0.327 e. The van der Waals surface area contributed by atoms with Gasteiger partial charge in [-0.05, 0) is 20.3 Å². The number of nitrogens with zero attached hydrogens (tertiary/aromatic N) is 2. The van der Waals surface area contributed by atoms with Crippen molar-refractivity contribution in [3.8, 4) is 0 Å². The summed E-state index contributed by atoms with van der Waals surface area (Å²) in [5, 5.41) is 4.11. The van der Waals surface area contributed by atoms with E-state index in [0.717, 1.165) is 12.8 Å². The van der Waals surface area contributed by atoms with Crippen molar-refractivity contribution in [3.05, 3.63) is 11.4 Å². The number of aryl methyl sites for hydroxylation is 2. The average Bonchev–Trinajstić information content (AvgIpc) is 2.51. The van der Waals surface area contributed by atoms with Crippen molar-refractivity contribution in [1.29, 1.82) is 0 Å². The Kier molecular flexibility index (Phi) is 6.99. The Morgan fingerprint density at radius 1 is 1.42 bits per heavy atom. The van der Waals surface area contributed by atoms with Crippen LogP contribution in [0.25, 0.3) is 0 Å². The molecule has 0 saturated carbocycles. The minimum absolute atomic E-state index is 0. The maximum absolute atomic E-state index is 12.2. The van der Waals surface area contributed by atoms with Crippen molar-refractivity contribution >= 4 is 22.4 Å². The summed E-state index contributed by atoms with van der Waals surface area (Å²) in [6, 6.07) is -0.151. The molecule has 6 nitrogen and oxygen atoms in total. The van der Waals surface area contributed by atoms with Gasteiger partial charge in [-0.15, -0.1) is 12.4 Å². The summed E-state index contributed by atoms with van der Waals surface area (Å²) in [5.74, 6) is 0. The van der Waals surface area contributed by atoms with E-state index in [1.165, 1.54) is 0 Å². The van der Waals surface area contributed by atoms with Crippen LogP contribution in [0.2, 0.25) is 0 Å². The number of halogens is 1. The highest BCUT2D eigenvalue weighted by atomic mass is 35.5. The molecule has 0 aliphatic carbocycles. The number of aromatic nitrogens is 2. The second-order valence-corrected chi connectivity index (χ2v) is 6.23. The van der Waals surface area contributed by atoms with Crippen LogP contribution in [0, 0.1) is 13.8 Å². The molecule has 1 heterocycles. The topological polar surface area (TPSA) is 90.0 Å². The first-order valence-electron chi connectivity index (χ1n) is 6.05. The van der Waals surface area contributed by atoms with Crippen LogP contribution >= 0.6 is 12.4 Å². The van der Waals surface area contributed by atoms with Crippen LogP contribution in [-0.2, 0) is 17.1 Å². The summed E-state index contributed by atoms with van der Waals surface area (Å²) in [5.41, 5.74) is 6.94. The molecule has 0 spiro atoms. The van der Waals surface area contributed by atoms with Gasteiger partial charge in [0.15, 0.2) is 0 Å². The summed E-state index contributed by atoms with van der Waals surface area (Å²) in [4.78, 5) is 0.258. The molecule has 1 aromatic rings. The van der Waals surface area contributed by atoms with Crippen molar-refractivity contribution < 1.29 is 8.42 Å². The molecule has 1 atom stereocenters. The zero-order chi connectivity index (χ0) is 13.9. The predicted octanol–water partition coefficient (Wildman–Crippen LogP) is 0.864. The molecule has 112 valence electrons. The fourth-order valence-electron chi connectivity index (χ4n) is 1.90. The molecule has 0 aliphatic heterocycles. The van der Waals surface area contributed by atoms with Crippen LogP contribution in [-0.4, -0.2) is 30.8 Å². The lowest BCUT2D eigenvalue weighted by atomic mass is 10.2. The fraction of sp³-hybridized carbons (Fsp3) is 0.727. The van der Waals surface area contributed by atoms with Crippen molar-refractivity contribution in [2.24, 2.45) is 12.8 Å². The third-order valence-corrected chi connectivity index (χ3v) is 4.58. The SMILES string of the molecule is CCCC(N)CNS(=O)(=O)c1c(C)nn(C)c1C.Cl. The minimum Gasteiger partial charge on any atom is -0.327 e. The van der Waals surface area contributed by atoms with Gasteiger partial charge in [0.25, 0.3) is 0 Å². The molecule has 0 radical (unpaired) electrons. The van der Waals surface area contributed by atoms with E-state index in [1.54, 1.807) is 25.6 Å². The number of rotatable bonds is 6. The second-order valence-electron chi connectivity index (χ2n) is 4.52. The summed E-state index contributed by atoms with van der Waals surface area (Å²) >= 11 is 0. The lowest BCUT2D eigenvalue weighted by molar-refractivity contribution is 0.551. The minimum atomic E-state index is -3.53. The first-order chi connectivity index (χ1) is 8.29. The van der Waals surface area contributed by atoms with Gasteiger partial charge in [0.1, 0.15) is 4.90 Å². The number of nitrogens with two attached hydrogens (primary N) is 1. The van der Waals surface area contributed by atoms with E-state index in [2.05, 4.69) is 9.82 Å². The number of hydrogen-bond acceptors (Lipinski definition) is 4. The van der Waals surface area contributed by atoms with Crippen LogP contribution in [0.15, 0.2) is 4.90 Å². The molecule has 3 N–H and O–H groups in total. The van der Waals surface area contributed by atoms with Crippen molar-refractivity contribution in [2.75, 3.05) is 6.54 Å². The molecule has 0 saturated heterocycles. The van der Waals surface area contributed by atoms with E-state index in [4.69, 9.17) is 5.73 Å². The van der Waals surface area contributed by atoms with Gasteiger partial charge in [0, 0.05) is 19.6 Å². The van der Waals surface area contributed by atoms with Gasteiger partial charge in [0.2, 0.25) is 10.0 Å². The third kappa shape index (κ3) is 4.45. The van der Waals surface area contributed by atoms with E-state index in [1.807, 2.05) is 6.92 Å². The summed E-state index contributed by atoms with van der Waals surface area (Å²) < 4.78 is 28.5. The Morgan fingerprint density at radius 2 is 2.00 bits per heavy atom. The van der Waals surface area contributed by atoms with Crippen LogP contribution < -0.4 is 10.5 Å². The Labute approximate surface area is 121 Å². The highest BCUT2D eigenvalue weighted by Crippen LogP contribution is 2.18. The average molecular weight is 311 g/mol. The Bertz CT molecular complexity index is 513. The molecule has 1 aromatic heterocycles. The zero-order valence-electron chi connectivity index (χ0n) is 11.8. The van der Waals surface area contributed by atoms with Crippen LogP contribution in [0.4, 0.5) is 0 Å². The lowest BCUT2D eigenvalue weighted by Gasteiger charge is -2.12. The first kappa shape index (κ1) is 18.4. The van der Waals surface area contributed by atoms with Crippen molar-refractivity contribution in [1.82, 2.24) is 14.5 Å². The van der Waals surface area contributed by atoms with Crippen LogP contribution in [0.1, 0.15) is 31.2 Å². The fourth-order valence-corrected chi connectivity index (χ4v) is 3.43. The highest BCUT2D eigenvalue weighted by molar-refractivity contribution is 7.89. The van der Waals surface area contributed by atoms with E-state index in [0.29, 0.717) is 11.4 Å². The quantitative estimate of drug-likeness (QED) is 0.815. The lowest BCUT2D eigenvalue weighted by Crippen LogP contribution is -2.37. The Hall–Kier alpha value is -0.630. The normalized spacial score (nSPS) is 13.1. The molecule has 0 aromatic carbocycles. The zero-order valence-corrected chi connectivity index (χ0v) is 13.4. The van der Waals surface area contributed by atoms with E-state index in [-0.39, 0.29) is 29.9 Å². The van der Waals surface area contributed by atoms with E-state index in [9.17, 15) is 8.42 Å². The number of nitrogens with one attached hydrogen (secondary N) is 1. The molecule has 1 unspecified atom stereocenters. The van der Waals surface area contributed by atoms with Gasteiger partial charge in [-0.1, -0.05) is 13.3 Å². The molecule has 0 amide bonds. The van der Waals surface area contributed by atoms with Crippen LogP contribution in [0.5, 0.6) is 0 Å². The van der Waals surface area contributed by atoms with Gasteiger partial charge >= 0.3 is 0 Å². The van der Waals surface area contributed by atoms with Crippen LogP contribution in [0.3, 0.4) is 0 Å². The molecule has 1 rings (SSSR count). The van der Waals surface area contributed by atoms with Crippen molar-refractivity contribution in [2.45, 2.75) is 44.6 Å². The van der Waals surface area contributed by atoms with Gasteiger partial charge < -0.3 is 5.73 Å². The molecule has 19 heavy (non-hydrogen) atoms. The smallest absolute Gasteiger partial charge is 0.244 e. The Balaban J connectivity index is 0.00000324. The summed E-state index contributed by atoms with van der Waals surface area (Å²) in [6.07, 6.45) is 1.74. The first-order valence-corrected chi connectivity index (χ1v) is 7.53. The molecular formula is C11H23ClN4O2S.